The first kappa shape index (κ1) is 29.2. The molecule has 0 radical (unpaired) electrons. The maximum absolute atomic E-state index is 2.43. The van der Waals surface area contributed by atoms with Crippen LogP contribution < -0.4 is 9.80 Å². The molecule has 0 aromatic heterocycles. The summed E-state index contributed by atoms with van der Waals surface area (Å²) in [6, 6.07) is 49.0. The van der Waals surface area contributed by atoms with Gasteiger partial charge in [0.25, 0.3) is 0 Å². The molecule has 5 rings (SSSR count). The third-order valence-corrected chi connectivity index (χ3v) is 8.44. The molecule has 0 N–H and O–H groups in total. The van der Waals surface area contributed by atoms with Crippen LogP contribution in [0.5, 0.6) is 0 Å². The molecule has 0 aliphatic carbocycles. The zero-order valence-corrected chi connectivity index (χ0v) is 25.4. The van der Waals surface area contributed by atoms with Gasteiger partial charge >= 0.3 is 0 Å². The second kappa shape index (κ2) is 14.5. The van der Waals surface area contributed by atoms with E-state index in [9.17, 15) is 0 Å². The number of benzene rings is 5. The summed E-state index contributed by atoms with van der Waals surface area (Å²) in [4.78, 5) is 4.85. The van der Waals surface area contributed by atoms with E-state index in [1.807, 2.05) is 0 Å². The summed E-state index contributed by atoms with van der Waals surface area (Å²) in [5.74, 6) is 0.363. The maximum atomic E-state index is 2.43. The number of hydrogen-bond acceptors (Lipinski definition) is 2. The molecular formula is C40H44N2. The molecule has 2 heteroatoms. The van der Waals surface area contributed by atoms with Crippen LogP contribution in [-0.4, -0.2) is 13.1 Å². The lowest BCUT2D eigenvalue weighted by molar-refractivity contribution is 0.830. The average molecular weight is 553 g/mol. The Morgan fingerprint density at radius 1 is 0.429 bits per heavy atom. The quantitative estimate of drug-likeness (QED) is 0.143. The molecule has 42 heavy (non-hydrogen) atoms. The SMILES string of the molecule is CCN(Cc1ccccc1)c1ccc(CCc2ccc(C(C)c3ccc(N(CC)Cc4ccccc4)cc3)cc2)cc1. The molecule has 0 aliphatic heterocycles. The van der Waals surface area contributed by atoms with Crippen molar-refractivity contribution in [1.82, 2.24) is 0 Å². The van der Waals surface area contributed by atoms with Crippen molar-refractivity contribution in [3.63, 3.8) is 0 Å². The lowest BCUT2D eigenvalue weighted by Crippen LogP contribution is -2.21. The standard InChI is InChI=1S/C40H44N2/c1-4-41(30-35-12-8-6-9-13-35)39-26-20-34(21-27-39)17-16-33-18-22-37(23-19-33)32(3)38-24-28-40(29-25-38)42(5-2)31-36-14-10-7-11-15-36/h6-15,18-29,32H,4-5,16-17,30-31H2,1-3H3. The number of rotatable bonds is 13. The highest BCUT2D eigenvalue weighted by Gasteiger charge is 2.11. The molecule has 0 fully saturated rings. The van der Waals surface area contributed by atoms with E-state index >= 15 is 0 Å². The van der Waals surface area contributed by atoms with E-state index in [1.54, 1.807) is 0 Å². The van der Waals surface area contributed by atoms with Crippen LogP contribution in [0.4, 0.5) is 11.4 Å². The zero-order chi connectivity index (χ0) is 29.1. The van der Waals surface area contributed by atoms with Gasteiger partial charge in [-0.1, -0.05) is 116 Å². The van der Waals surface area contributed by atoms with Crippen LogP contribution in [0.3, 0.4) is 0 Å². The number of aryl methyl sites for hydroxylation is 2. The van der Waals surface area contributed by atoms with Gasteiger partial charge in [-0.3, -0.25) is 0 Å². The summed E-state index contributed by atoms with van der Waals surface area (Å²) in [7, 11) is 0. The molecular weight excluding hydrogens is 508 g/mol. The van der Waals surface area contributed by atoms with Gasteiger partial charge in [-0.05, 0) is 84.3 Å². The Bertz CT molecular complexity index is 1470. The summed E-state index contributed by atoms with van der Waals surface area (Å²) in [6.07, 6.45) is 2.11. The highest BCUT2D eigenvalue weighted by atomic mass is 15.1. The van der Waals surface area contributed by atoms with E-state index in [0.717, 1.165) is 39.0 Å². The van der Waals surface area contributed by atoms with Crippen LogP contribution in [0.25, 0.3) is 0 Å². The van der Waals surface area contributed by atoms with E-state index < -0.39 is 0 Å². The van der Waals surface area contributed by atoms with Crippen LogP contribution in [0.2, 0.25) is 0 Å². The predicted molar refractivity (Wildman–Crippen MR) is 181 cm³/mol. The smallest absolute Gasteiger partial charge is 0.0429 e. The minimum Gasteiger partial charge on any atom is -0.367 e. The third kappa shape index (κ3) is 7.70. The van der Waals surface area contributed by atoms with Gasteiger partial charge < -0.3 is 9.80 Å². The van der Waals surface area contributed by atoms with Gasteiger partial charge in [0, 0.05) is 43.5 Å². The van der Waals surface area contributed by atoms with Gasteiger partial charge in [0.15, 0.2) is 0 Å². The van der Waals surface area contributed by atoms with Crippen LogP contribution in [-0.2, 0) is 25.9 Å². The van der Waals surface area contributed by atoms with E-state index in [0.29, 0.717) is 5.92 Å². The fraction of sp³-hybridized carbons (Fsp3) is 0.250. The first-order valence-electron chi connectivity index (χ1n) is 15.5. The first-order chi connectivity index (χ1) is 20.6. The van der Waals surface area contributed by atoms with Gasteiger partial charge in [-0.25, -0.2) is 0 Å². The summed E-state index contributed by atoms with van der Waals surface area (Å²) in [6.45, 7) is 10.6. The van der Waals surface area contributed by atoms with Crippen LogP contribution in [0, 0.1) is 0 Å². The normalized spacial score (nSPS) is 11.7. The Morgan fingerprint density at radius 2 is 0.786 bits per heavy atom. The van der Waals surface area contributed by atoms with Crippen LogP contribution in [0.1, 0.15) is 60.1 Å². The van der Waals surface area contributed by atoms with E-state index in [4.69, 9.17) is 0 Å². The van der Waals surface area contributed by atoms with Crippen molar-refractivity contribution < 1.29 is 0 Å². The van der Waals surface area contributed by atoms with Crippen molar-refractivity contribution in [1.29, 1.82) is 0 Å². The fourth-order valence-corrected chi connectivity index (χ4v) is 5.68. The lowest BCUT2D eigenvalue weighted by atomic mass is 9.91. The molecule has 5 aromatic rings. The third-order valence-electron chi connectivity index (χ3n) is 8.44. The van der Waals surface area contributed by atoms with Crippen molar-refractivity contribution in [2.75, 3.05) is 22.9 Å². The molecule has 1 atom stereocenters. The molecule has 2 nitrogen and oxygen atoms in total. The van der Waals surface area contributed by atoms with E-state index in [-0.39, 0.29) is 0 Å². The number of hydrogen-bond donors (Lipinski definition) is 0. The molecule has 0 amide bonds. The van der Waals surface area contributed by atoms with Gasteiger partial charge in [0.2, 0.25) is 0 Å². The molecule has 0 saturated carbocycles. The summed E-state index contributed by atoms with van der Waals surface area (Å²) >= 11 is 0. The fourth-order valence-electron chi connectivity index (χ4n) is 5.68. The van der Waals surface area contributed by atoms with E-state index in [2.05, 4.69) is 164 Å². The molecule has 0 bridgehead atoms. The topological polar surface area (TPSA) is 6.48 Å². The lowest BCUT2D eigenvalue weighted by Gasteiger charge is -2.24. The van der Waals surface area contributed by atoms with Gasteiger partial charge in [0.1, 0.15) is 0 Å². The Balaban J connectivity index is 1.15. The van der Waals surface area contributed by atoms with Gasteiger partial charge in [-0.2, -0.15) is 0 Å². The minimum absolute atomic E-state index is 0.363. The summed E-state index contributed by atoms with van der Waals surface area (Å²) in [5, 5.41) is 0. The van der Waals surface area contributed by atoms with Gasteiger partial charge in [0.05, 0.1) is 0 Å². The number of anilines is 2. The average Bonchev–Trinajstić information content (AvgIpc) is 3.06. The van der Waals surface area contributed by atoms with Crippen molar-refractivity contribution in [2.24, 2.45) is 0 Å². The Morgan fingerprint density at radius 3 is 1.19 bits per heavy atom. The van der Waals surface area contributed by atoms with Crippen molar-refractivity contribution >= 4 is 11.4 Å². The molecule has 0 aliphatic rings. The Kier molecular flexibility index (Phi) is 10.1. The van der Waals surface area contributed by atoms with Crippen LogP contribution >= 0.6 is 0 Å². The molecule has 1 unspecified atom stereocenters. The van der Waals surface area contributed by atoms with Crippen molar-refractivity contribution in [3.05, 3.63) is 167 Å². The van der Waals surface area contributed by atoms with Crippen LogP contribution in [0.15, 0.2) is 133 Å². The highest BCUT2D eigenvalue weighted by Crippen LogP contribution is 2.27. The molecule has 5 aromatic carbocycles. The highest BCUT2D eigenvalue weighted by molar-refractivity contribution is 5.50. The molecule has 0 saturated heterocycles. The molecule has 0 heterocycles. The summed E-state index contributed by atoms with van der Waals surface area (Å²) in [5.41, 5.74) is 10.8. The Hall–Kier alpha value is -4.30. The second-order valence-electron chi connectivity index (χ2n) is 11.2. The predicted octanol–water partition coefficient (Wildman–Crippen LogP) is 9.68. The van der Waals surface area contributed by atoms with Gasteiger partial charge in [-0.15, -0.1) is 0 Å². The minimum atomic E-state index is 0.363. The van der Waals surface area contributed by atoms with E-state index in [1.165, 1.54) is 44.8 Å². The first-order valence-corrected chi connectivity index (χ1v) is 15.5. The van der Waals surface area contributed by atoms with Crippen molar-refractivity contribution in [3.8, 4) is 0 Å². The number of nitrogens with zero attached hydrogens (tertiary/aromatic N) is 2. The summed E-state index contributed by atoms with van der Waals surface area (Å²) < 4.78 is 0. The second-order valence-corrected chi connectivity index (χ2v) is 11.2. The van der Waals surface area contributed by atoms with Crippen molar-refractivity contribution in [2.45, 2.75) is 52.6 Å². The maximum Gasteiger partial charge on any atom is 0.0429 e. The monoisotopic (exact) mass is 552 g/mol. The Labute approximate surface area is 253 Å². The molecule has 214 valence electrons. The molecule has 0 spiro atoms. The largest absolute Gasteiger partial charge is 0.367 e. The zero-order valence-electron chi connectivity index (χ0n) is 25.4.